The first-order valence-corrected chi connectivity index (χ1v) is 11.3. The van der Waals surface area contributed by atoms with E-state index in [9.17, 15) is 4.79 Å². The number of aromatic nitrogens is 3. The number of carbonyl (C=O) groups is 1. The first-order chi connectivity index (χ1) is 13.5. The van der Waals surface area contributed by atoms with Gasteiger partial charge in [0.15, 0.2) is 11.0 Å². The summed E-state index contributed by atoms with van der Waals surface area (Å²) in [7, 11) is 0. The maximum Gasteiger partial charge on any atom is 0.230 e. The summed E-state index contributed by atoms with van der Waals surface area (Å²) in [4.78, 5) is 13.5. The van der Waals surface area contributed by atoms with E-state index in [1.807, 2.05) is 18.2 Å². The molecule has 0 aliphatic carbocycles. The number of hydrogen-bond donors (Lipinski definition) is 1. The molecule has 1 aromatic carbocycles. The predicted octanol–water partition coefficient (Wildman–Crippen LogP) is 4.66. The fourth-order valence-electron chi connectivity index (χ4n) is 2.93. The van der Waals surface area contributed by atoms with Gasteiger partial charge in [-0.3, -0.25) is 9.36 Å². The maximum atomic E-state index is 12.2. The maximum absolute atomic E-state index is 12.2. The number of thioether (sulfide) groups is 1. The second-order valence-electron chi connectivity index (χ2n) is 6.97. The Morgan fingerprint density at radius 1 is 1.21 bits per heavy atom. The van der Waals surface area contributed by atoms with Crippen molar-refractivity contribution in [2.75, 3.05) is 12.3 Å². The van der Waals surface area contributed by atoms with Crippen molar-refractivity contribution in [2.24, 2.45) is 0 Å². The zero-order valence-corrected chi connectivity index (χ0v) is 18.4. The summed E-state index contributed by atoms with van der Waals surface area (Å²) in [6.07, 6.45) is 0.834. The molecule has 0 unspecified atom stereocenters. The third-order valence-electron chi connectivity index (χ3n) is 4.62. The zero-order chi connectivity index (χ0) is 20.1. The van der Waals surface area contributed by atoms with Gasteiger partial charge in [0, 0.05) is 28.4 Å². The molecule has 0 fully saturated rings. The number of benzene rings is 1. The molecule has 0 saturated carbocycles. The summed E-state index contributed by atoms with van der Waals surface area (Å²) >= 11 is 3.17. The molecule has 1 amide bonds. The number of nitrogens with one attached hydrogen (secondary N) is 1. The van der Waals surface area contributed by atoms with E-state index in [1.54, 1.807) is 11.3 Å². The first-order valence-electron chi connectivity index (χ1n) is 9.40. The van der Waals surface area contributed by atoms with Crippen molar-refractivity contribution in [3.8, 4) is 11.4 Å². The summed E-state index contributed by atoms with van der Waals surface area (Å²) in [5, 5.41) is 14.7. The number of nitrogens with zero attached hydrogens (tertiary/aromatic N) is 3. The number of rotatable bonds is 8. The van der Waals surface area contributed by atoms with E-state index in [-0.39, 0.29) is 11.9 Å². The molecule has 3 rings (SSSR count). The normalized spacial score (nSPS) is 11.2. The molecule has 0 aliphatic rings. The van der Waals surface area contributed by atoms with Gasteiger partial charge in [-0.1, -0.05) is 42.1 Å². The largest absolute Gasteiger partial charge is 0.355 e. The Kier molecular flexibility index (Phi) is 6.91. The van der Waals surface area contributed by atoms with Gasteiger partial charge in [-0.05, 0) is 45.2 Å². The standard InChI is InChI=1S/C21H26N4OS2/c1-14(2)25-20(18-12-27-16(4)15(18)3)23-24-21(25)28-13-19(26)22-11-10-17-8-6-5-7-9-17/h5-9,12,14H,10-11,13H2,1-4H3,(H,22,26). The van der Waals surface area contributed by atoms with E-state index in [4.69, 9.17) is 0 Å². The summed E-state index contributed by atoms with van der Waals surface area (Å²) in [5.41, 5.74) is 3.60. The third-order valence-corrected chi connectivity index (χ3v) is 6.57. The molecule has 28 heavy (non-hydrogen) atoms. The highest BCUT2D eigenvalue weighted by molar-refractivity contribution is 7.99. The van der Waals surface area contributed by atoms with Gasteiger partial charge in [-0.2, -0.15) is 0 Å². The molecule has 2 heterocycles. The van der Waals surface area contributed by atoms with Crippen LogP contribution in [-0.2, 0) is 11.2 Å². The van der Waals surface area contributed by atoms with Crippen LogP contribution in [0.1, 0.15) is 35.9 Å². The van der Waals surface area contributed by atoms with Crippen LogP contribution in [0.2, 0.25) is 0 Å². The van der Waals surface area contributed by atoms with Gasteiger partial charge in [0.05, 0.1) is 5.75 Å². The van der Waals surface area contributed by atoms with Gasteiger partial charge < -0.3 is 5.32 Å². The number of carbonyl (C=O) groups excluding carboxylic acids is 1. The van der Waals surface area contributed by atoms with Crippen LogP contribution in [0, 0.1) is 13.8 Å². The Labute approximate surface area is 174 Å². The smallest absolute Gasteiger partial charge is 0.230 e. The molecule has 7 heteroatoms. The quantitative estimate of drug-likeness (QED) is 0.545. The minimum atomic E-state index is 0.0170. The van der Waals surface area contributed by atoms with Crippen LogP contribution in [-0.4, -0.2) is 33.0 Å². The summed E-state index contributed by atoms with van der Waals surface area (Å²) < 4.78 is 2.12. The van der Waals surface area contributed by atoms with E-state index in [0.29, 0.717) is 12.3 Å². The molecule has 0 spiro atoms. The van der Waals surface area contributed by atoms with Gasteiger partial charge in [-0.15, -0.1) is 21.5 Å². The van der Waals surface area contributed by atoms with Crippen molar-refractivity contribution in [1.82, 2.24) is 20.1 Å². The Bertz CT molecular complexity index is 931. The molecule has 0 aliphatic heterocycles. The van der Waals surface area contributed by atoms with Crippen LogP contribution in [0.5, 0.6) is 0 Å². The summed E-state index contributed by atoms with van der Waals surface area (Å²) in [6, 6.07) is 10.4. The van der Waals surface area contributed by atoms with E-state index < -0.39 is 0 Å². The lowest BCUT2D eigenvalue weighted by molar-refractivity contribution is -0.118. The van der Waals surface area contributed by atoms with E-state index in [1.165, 1.54) is 27.8 Å². The lowest BCUT2D eigenvalue weighted by Crippen LogP contribution is -2.27. The van der Waals surface area contributed by atoms with Gasteiger partial charge in [0.25, 0.3) is 0 Å². The molecule has 2 aromatic heterocycles. The highest BCUT2D eigenvalue weighted by atomic mass is 32.2. The number of aryl methyl sites for hydroxylation is 1. The fourth-order valence-corrected chi connectivity index (χ4v) is 4.69. The minimum absolute atomic E-state index is 0.0170. The molecule has 0 atom stereocenters. The third kappa shape index (κ3) is 4.83. The highest BCUT2D eigenvalue weighted by Gasteiger charge is 2.20. The zero-order valence-electron chi connectivity index (χ0n) is 16.7. The van der Waals surface area contributed by atoms with Gasteiger partial charge >= 0.3 is 0 Å². The van der Waals surface area contributed by atoms with Crippen molar-refractivity contribution in [2.45, 2.75) is 45.3 Å². The second kappa shape index (κ2) is 9.39. The molecule has 3 aromatic rings. The Hall–Kier alpha value is -2.12. The SMILES string of the molecule is Cc1scc(-c2nnc(SCC(=O)NCCc3ccccc3)n2C(C)C)c1C. The highest BCUT2D eigenvalue weighted by Crippen LogP contribution is 2.33. The topological polar surface area (TPSA) is 59.8 Å². The predicted molar refractivity (Wildman–Crippen MR) is 117 cm³/mol. The number of hydrogen-bond acceptors (Lipinski definition) is 5. The van der Waals surface area contributed by atoms with E-state index in [0.717, 1.165) is 23.0 Å². The number of thiophene rings is 1. The van der Waals surface area contributed by atoms with Crippen LogP contribution in [0.15, 0.2) is 40.9 Å². The van der Waals surface area contributed by atoms with Crippen LogP contribution in [0.3, 0.4) is 0 Å². The van der Waals surface area contributed by atoms with Crippen LogP contribution in [0.4, 0.5) is 0 Å². The molecule has 0 radical (unpaired) electrons. The molecule has 0 saturated heterocycles. The Balaban J connectivity index is 1.61. The van der Waals surface area contributed by atoms with Crippen molar-refractivity contribution >= 4 is 29.0 Å². The van der Waals surface area contributed by atoms with E-state index in [2.05, 4.69) is 65.3 Å². The Morgan fingerprint density at radius 2 is 1.96 bits per heavy atom. The molecule has 148 valence electrons. The van der Waals surface area contributed by atoms with E-state index >= 15 is 0 Å². The van der Waals surface area contributed by atoms with Crippen molar-refractivity contribution in [3.05, 3.63) is 51.7 Å². The van der Waals surface area contributed by atoms with Crippen molar-refractivity contribution in [1.29, 1.82) is 0 Å². The minimum Gasteiger partial charge on any atom is -0.355 e. The average Bonchev–Trinajstić information content (AvgIpc) is 3.24. The Morgan fingerprint density at radius 3 is 2.61 bits per heavy atom. The number of amides is 1. The first kappa shape index (κ1) is 20.6. The molecule has 0 bridgehead atoms. The molecule has 5 nitrogen and oxygen atoms in total. The second-order valence-corrected chi connectivity index (χ2v) is 9.00. The van der Waals surface area contributed by atoms with Gasteiger partial charge in [0.1, 0.15) is 0 Å². The lowest BCUT2D eigenvalue weighted by atomic mass is 10.1. The van der Waals surface area contributed by atoms with Gasteiger partial charge in [-0.25, -0.2) is 0 Å². The molecule has 1 N–H and O–H groups in total. The molecular weight excluding hydrogens is 388 g/mol. The van der Waals surface area contributed by atoms with Crippen LogP contribution in [0.25, 0.3) is 11.4 Å². The van der Waals surface area contributed by atoms with Crippen LogP contribution < -0.4 is 5.32 Å². The average molecular weight is 415 g/mol. The lowest BCUT2D eigenvalue weighted by Gasteiger charge is -2.13. The molecular formula is C21H26N4OS2. The summed E-state index contributed by atoms with van der Waals surface area (Å²) in [5.74, 6) is 1.23. The summed E-state index contributed by atoms with van der Waals surface area (Å²) in [6.45, 7) is 9.11. The van der Waals surface area contributed by atoms with Crippen molar-refractivity contribution in [3.63, 3.8) is 0 Å². The monoisotopic (exact) mass is 414 g/mol. The fraction of sp³-hybridized carbons (Fsp3) is 0.381. The van der Waals surface area contributed by atoms with Crippen molar-refractivity contribution < 1.29 is 4.79 Å². The van der Waals surface area contributed by atoms with Gasteiger partial charge in [0.2, 0.25) is 5.91 Å². The van der Waals surface area contributed by atoms with Crippen LogP contribution >= 0.6 is 23.1 Å².